The fraction of sp³-hybridized carbons (Fsp3) is 0.185. The number of alkyl halides is 6. The SMILES string of the molecule is Cc1cc(C(n2ccc(Br)n2)(C(F)(F)F)C(F)(F)F)cc(C)c1NC(=O)c1cccc(NC(=O)c2cccnc2Cl)c1. The van der Waals surface area contributed by atoms with Crippen LogP contribution in [0.15, 0.2) is 71.6 Å². The minimum absolute atomic E-state index is 0.0141. The summed E-state index contributed by atoms with van der Waals surface area (Å²) in [4.78, 5) is 29.4. The first kappa shape index (κ1) is 31.0. The number of amides is 2. The van der Waals surface area contributed by atoms with E-state index in [9.17, 15) is 35.9 Å². The molecule has 0 unspecified atom stereocenters. The Labute approximate surface area is 248 Å². The van der Waals surface area contributed by atoms with Gasteiger partial charge in [-0.3, -0.25) is 9.59 Å². The van der Waals surface area contributed by atoms with E-state index in [2.05, 4.69) is 36.6 Å². The van der Waals surface area contributed by atoms with Gasteiger partial charge in [-0.05, 0) is 82.9 Å². The van der Waals surface area contributed by atoms with E-state index in [-0.39, 0.29) is 48.1 Å². The fourth-order valence-corrected chi connectivity index (χ4v) is 4.91. The quantitative estimate of drug-likeness (QED) is 0.162. The van der Waals surface area contributed by atoms with Gasteiger partial charge in [0.05, 0.1) is 5.56 Å². The number of hydrogen-bond acceptors (Lipinski definition) is 4. The van der Waals surface area contributed by atoms with Crippen molar-refractivity contribution >= 4 is 50.7 Å². The summed E-state index contributed by atoms with van der Waals surface area (Å²) in [5.74, 6) is -1.31. The number of aromatic nitrogens is 3. The molecule has 4 aromatic rings. The highest BCUT2D eigenvalue weighted by molar-refractivity contribution is 9.10. The highest BCUT2D eigenvalue weighted by atomic mass is 79.9. The van der Waals surface area contributed by atoms with Crippen molar-refractivity contribution in [3.8, 4) is 0 Å². The Bertz CT molecular complexity index is 1630. The van der Waals surface area contributed by atoms with Crippen LogP contribution in [-0.2, 0) is 5.54 Å². The zero-order chi connectivity index (χ0) is 31.0. The molecule has 7 nitrogen and oxygen atoms in total. The summed E-state index contributed by atoms with van der Waals surface area (Å²) in [6, 6.07) is 11.1. The molecule has 0 saturated heterocycles. The average molecular weight is 675 g/mol. The summed E-state index contributed by atoms with van der Waals surface area (Å²) in [6.45, 7) is 2.55. The molecule has 0 fully saturated rings. The lowest BCUT2D eigenvalue weighted by Crippen LogP contribution is -2.59. The van der Waals surface area contributed by atoms with Crippen LogP contribution in [0.2, 0.25) is 5.15 Å². The predicted octanol–water partition coefficient (Wildman–Crippen LogP) is 7.68. The predicted molar refractivity (Wildman–Crippen MR) is 147 cm³/mol. The number of nitrogens with one attached hydrogen (secondary N) is 2. The number of rotatable bonds is 6. The van der Waals surface area contributed by atoms with E-state index in [1.54, 1.807) is 0 Å². The van der Waals surface area contributed by atoms with E-state index in [4.69, 9.17) is 11.6 Å². The number of carbonyl (C=O) groups excluding carboxylic acids is 2. The van der Waals surface area contributed by atoms with Crippen LogP contribution < -0.4 is 10.6 Å². The Morgan fingerprint density at radius 2 is 1.52 bits per heavy atom. The van der Waals surface area contributed by atoms with Crippen molar-refractivity contribution in [2.45, 2.75) is 31.7 Å². The molecule has 0 atom stereocenters. The number of hydrogen-bond donors (Lipinski definition) is 2. The first-order chi connectivity index (χ1) is 19.6. The molecule has 0 spiro atoms. The van der Waals surface area contributed by atoms with Crippen molar-refractivity contribution in [1.29, 1.82) is 0 Å². The molecule has 0 saturated carbocycles. The number of benzene rings is 2. The Balaban J connectivity index is 1.67. The monoisotopic (exact) mass is 673 g/mol. The van der Waals surface area contributed by atoms with Gasteiger partial charge in [0.2, 0.25) is 0 Å². The van der Waals surface area contributed by atoms with Crippen LogP contribution >= 0.6 is 27.5 Å². The summed E-state index contributed by atoms with van der Waals surface area (Å²) >= 11 is 8.75. The minimum Gasteiger partial charge on any atom is -0.322 e. The molecule has 2 aromatic carbocycles. The first-order valence-electron chi connectivity index (χ1n) is 11.9. The van der Waals surface area contributed by atoms with E-state index in [1.807, 2.05) is 0 Å². The van der Waals surface area contributed by atoms with Crippen molar-refractivity contribution in [1.82, 2.24) is 14.8 Å². The van der Waals surface area contributed by atoms with Gasteiger partial charge in [0.25, 0.3) is 17.4 Å². The number of nitrogens with zero attached hydrogens (tertiary/aromatic N) is 3. The second-order valence-electron chi connectivity index (χ2n) is 9.10. The minimum atomic E-state index is -5.84. The molecule has 0 radical (unpaired) electrons. The number of aryl methyl sites for hydroxylation is 2. The van der Waals surface area contributed by atoms with Crippen molar-refractivity contribution in [2.75, 3.05) is 10.6 Å². The molecule has 2 amide bonds. The number of halogens is 8. The highest BCUT2D eigenvalue weighted by Gasteiger charge is 2.74. The maximum atomic E-state index is 14.4. The van der Waals surface area contributed by atoms with Crippen molar-refractivity contribution in [3.63, 3.8) is 0 Å². The number of pyridine rings is 1. The molecule has 2 aromatic heterocycles. The van der Waals surface area contributed by atoms with Gasteiger partial charge in [-0.25, -0.2) is 9.67 Å². The molecular formula is C27H19BrClF6N5O2. The Hall–Kier alpha value is -3.91. The normalized spacial score (nSPS) is 12.2. The third-order valence-electron chi connectivity index (χ3n) is 6.30. The van der Waals surface area contributed by atoms with Crippen LogP contribution in [0.25, 0.3) is 0 Å². The molecule has 220 valence electrons. The van der Waals surface area contributed by atoms with Gasteiger partial charge in [-0.1, -0.05) is 29.8 Å². The van der Waals surface area contributed by atoms with Gasteiger partial charge in [0.15, 0.2) is 0 Å². The Kier molecular flexibility index (Phi) is 8.43. The molecule has 0 aliphatic carbocycles. The first-order valence-corrected chi connectivity index (χ1v) is 13.0. The highest BCUT2D eigenvalue weighted by Crippen LogP contribution is 2.53. The third kappa shape index (κ3) is 5.73. The average Bonchev–Trinajstić information content (AvgIpc) is 3.30. The van der Waals surface area contributed by atoms with Gasteiger partial charge in [0.1, 0.15) is 9.76 Å². The van der Waals surface area contributed by atoms with Gasteiger partial charge in [-0.15, -0.1) is 0 Å². The van der Waals surface area contributed by atoms with Crippen molar-refractivity contribution in [2.24, 2.45) is 0 Å². The summed E-state index contributed by atoms with van der Waals surface area (Å²) in [5, 5.41) is 8.49. The maximum absolute atomic E-state index is 14.4. The molecule has 15 heteroatoms. The molecular weight excluding hydrogens is 656 g/mol. The lowest BCUT2D eigenvalue weighted by Gasteiger charge is -2.38. The largest absolute Gasteiger partial charge is 0.426 e. The van der Waals surface area contributed by atoms with E-state index >= 15 is 0 Å². The second kappa shape index (κ2) is 11.4. The van der Waals surface area contributed by atoms with Gasteiger partial charge >= 0.3 is 12.4 Å². The lowest BCUT2D eigenvalue weighted by atomic mass is 9.85. The zero-order valence-corrected chi connectivity index (χ0v) is 23.9. The van der Waals surface area contributed by atoms with E-state index in [1.165, 1.54) is 56.4 Å². The second-order valence-corrected chi connectivity index (χ2v) is 10.3. The molecule has 2 heterocycles. The van der Waals surface area contributed by atoms with Crippen molar-refractivity contribution in [3.05, 3.63) is 105 Å². The van der Waals surface area contributed by atoms with Crippen molar-refractivity contribution < 1.29 is 35.9 Å². The van der Waals surface area contributed by atoms with Gasteiger partial charge in [0, 0.05) is 29.3 Å². The number of carbonyl (C=O) groups is 2. The molecule has 0 bridgehead atoms. The third-order valence-corrected chi connectivity index (χ3v) is 7.02. The van der Waals surface area contributed by atoms with Crippen LogP contribution in [0, 0.1) is 13.8 Å². The van der Waals surface area contributed by atoms with Crippen LogP contribution in [0.4, 0.5) is 37.7 Å². The zero-order valence-electron chi connectivity index (χ0n) is 21.5. The smallest absolute Gasteiger partial charge is 0.322 e. The van der Waals surface area contributed by atoms with Crippen LogP contribution in [-0.4, -0.2) is 38.9 Å². The summed E-state index contributed by atoms with van der Waals surface area (Å²) < 4.78 is 86.0. The Morgan fingerprint density at radius 1 is 0.881 bits per heavy atom. The lowest BCUT2D eigenvalue weighted by molar-refractivity contribution is -0.316. The van der Waals surface area contributed by atoms with E-state index in [0.29, 0.717) is 18.3 Å². The van der Waals surface area contributed by atoms with E-state index < -0.39 is 35.3 Å². The summed E-state index contributed by atoms with van der Waals surface area (Å²) in [5.41, 5.74) is -5.37. The van der Waals surface area contributed by atoms with Crippen LogP contribution in [0.3, 0.4) is 0 Å². The van der Waals surface area contributed by atoms with Crippen LogP contribution in [0.1, 0.15) is 37.4 Å². The summed E-state index contributed by atoms with van der Waals surface area (Å²) in [7, 11) is 0. The van der Waals surface area contributed by atoms with Crippen LogP contribution in [0.5, 0.6) is 0 Å². The van der Waals surface area contributed by atoms with E-state index in [0.717, 1.165) is 6.07 Å². The molecule has 0 aliphatic heterocycles. The fourth-order valence-electron chi connectivity index (χ4n) is 4.42. The molecule has 0 aliphatic rings. The molecule has 4 rings (SSSR count). The molecule has 2 N–H and O–H groups in total. The Morgan fingerprint density at radius 3 is 2.07 bits per heavy atom. The van der Waals surface area contributed by atoms with Gasteiger partial charge in [-0.2, -0.15) is 31.4 Å². The topological polar surface area (TPSA) is 88.9 Å². The number of anilines is 2. The maximum Gasteiger partial charge on any atom is 0.426 e. The summed E-state index contributed by atoms with van der Waals surface area (Å²) in [6.07, 6.45) is -9.70. The van der Waals surface area contributed by atoms with Gasteiger partial charge < -0.3 is 10.6 Å². The standard InChI is InChI=1S/C27H19BrClF6N5O2/c1-14-11-17(25(26(30,31)32,27(33,34)35)40-10-8-20(28)39-40)12-15(2)21(14)38-23(41)16-5-3-6-18(13-16)37-24(42)19-7-4-9-36-22(19)29/h3-13H,1-2H3,(H,37,42)(H,38,41). The molecule has 42 heavy (non-hydrogen) atoms.